The Morgan fingerprint density at radius 1 is 0.226 bits per heavy atom. The molecular weight excluding hydrogens is 774 g/mol. The van der Waals surface area contributed by atoms with Gasteiger partial charge in [0, 0.05) is 32.6 Å². The van der Waals surface area contributed by atoms with E-state index in [4.69, 9.17) is 15.0 Å². The summed E-state index contributed by atoms with van der Waals surface area (Å²) in [6, 6.07) is 82.3. The van der Waals surface area contributed by atoms with Gasteiger partial charge in [-0.3, -0.25) is 0 Å². The predicted molar refractivity (Wildman–Crippen MR) is 257 cm³/mol. The van der Waals surface area contributed by atoms with Crippen LogP contribution in [0.4, 0.5) is 0 Å². The van der Waals surface area contributed by atoms with E-state index in [0.29, 0.717) is 17.5 Å². The third kappa shape index (κ3) is 7.84. The molecule has 0 radical (unpaired) electrons. The number of rotatable bonds is 10. The Labute approximate surface area is 362 Å². The predicted octanol–water partition coefficient (Wildman–Crippen LogP) is 13.2. The molecule has 1 heterocycles. The van der Waals surface area contributed by atoms with E-state index in [-0.39, 0.29) is 0 Å². The van der Waals surface area contributed by atoms with Crippen molar-refractivity contribution in [1.82, 2.24) is 15.0 Å². The maximum absolute atomic E-state index is 14.8. The summed E-state index contributed by atoms with van der Waals surface area (Å²) in [6.07, 6.45) is 0. The SMILES string of the molecule is O=P(c1ccccc1)(c1ccccc1)c1ccc(-c2ccc(-c3ccc(-c4cccc(-c5nc(-c6ccccc6)nc(-c6ccc(-c7ccccc7)cc6)n5)c4)cc3)cc2)cc1. The average molecular weight is 814 g/mol. The molecule has 4 nitrogen and oxygen atoms in total. The van der Waals surface area contributed by atoms with Gasteiger partial charge in [0.1, 0.15) is 0 Å². The Kier molecular flexibility index (Phi) is 10.6. The van der Waals surface area contributed by atoms with Crippen molar-refractivity contribution in [2.45, 2.75) is 0 Å². The largest absolute Gasteiger partial charge is 0.309 e. The lowest BCUT2D eigenvalue weighted by Crippen LogP contribution is -2.24. The maximum Gasteiger partial charge on any atom is 0.171 e. The average Bonchev–Trinajstić information content (AvgIpc) is 3.37. The molecule has 0 fully saturated rings. The number of hydrogen-bond donors (Lipinski definition) is 0. The Balaban J connectivity index is 0.895. The summed E-state index contributed by atoms with van der Waals surface area (Å²) in [5, 5.41) is 2.48. The summed E-state index contributed by atoms with van der Waals surface area (Å²) < 4.78 is 14.8. The second-order valence-electron chi connectivity index (χ2n) is 15.2. The molecule has 0 amide bonds. The van der Waals surface area contributed by atoms with Crippen LogP contribution in [-0.2, 0) is 4.57 Å². The topological polar surface area (TPSA) is 55.7 Å². The van der Waals surface area contributed by atoms with Crippen molar-refractivity contribution in [3.63, 3.8) is 0 Å². The first-order valence-corrected chi connectivity index (χ1v) is 22.4. The molecular formula is C57H40N3OP. The summed E-state index contributed by atoms with van der Waals surface area (Å²) in [6.45, 7) is 0. The van der Waals surface area contributed by atoms with Gasteiger partial charge >= 0.3 is 0 Å². The molecule has 0 saturated carbocycles. The second kappa shape index (κ2) is 17.1. The van der Waals surface area contributed by atoms with Gasteiger partial charge < -0.3 is 4.57 Å². The smallest absolute Gasteiger partial charge is 0.171 e. The number of nitrogens with zero attached hydrogens (tertiary/aromatic N) is 3. The minimum absolute atomic E-state index is 0.621. The highest BCUT2D eigenvalue weighted by molar-refractivity contribution is 7.85. The van der Waals surface area contributed by atoms with Gasteiger partial charge in [0.25, 0.3) is 0 Å². The van der Waals surface area contributed by atoms with E-state index in [2.05, 4.69) is 133 Å². The van der Waals surface area contributed by atoms with Crippen molar-refractivity contribution < 1.29 is 4.57 Å². The lowest BCUT2D eigenvalue weighted by Gasteiger charge is -2.20. The molecule has 62 heavy (non-hydrogen) atoms. The fourth-order valence-corrected chi connectivity index (χ4v) is 10.6. The first-order valence-electron chi connectivity index (χ1n) is 20.7. The van der Waals surface area contributed by atoms with Gasteiger partial charge in [-0.25, -0.2) is 15.0 Å². The van der Waals surface area contributed by atoms with E-state index in [1.807, 2.05) is 109 Å². The van der Waals surface area contributed by atoms with Gasteiger partial charge in [-0.15, -0.1) is 0 Å². The minimum Gasteiger partial charge on any atom is -0.309 e. The first kappa shape index (κ1) is 38.4. The molecule has 0 N–H and O–H groups in total. The molecule has 294 valence electrons. The van der Waals surface area contributed by atoms with Crippen molar-refractivity contribution in [3.8, 4) is 78.7 Å². The fraction of sp³-hybridized carbons (Fsp3) is 0. The van der Waals surface area contributed by atoms with Crippen LogP contribution in [0.5, 0.6) is 0 Å². The molecule has 0 saturated heterocycles. The van der Waals surface area contributed by atoms with Gasteiger partial charge in [-0.1, -0.05) is 237 Å². The van der Waals surface area contributed by atoms with Gasteiger partial charge in [-0.05, 0) is 50.6 Å². The molecule has 0 atom stereocenters. The van der Waals surface area contributed by atoms with Crippen LogP contribution in [0.25, 0.3) is 78.7 Å². The van der Waals surface area contributed by atoms with Crippen molar-refractivity contribution in [2.24, 2.45) is 0 Å². The van der Waals surface area contributed by atoms with Crippen LogP contribution in [0.2, 0.25) is 0 Å². The highest BCUT2D eigenvalue weighted by Crippen LogP contribution is 2.42. The summed E-state index contributed by atoms with van der Waals surface area (Å²) in [4.78, 5) is 15.0. The molecule has 10 aromatic rings. The molecule has 0 aliphatic carbocycles. The van der Waals surface area contributed by atoms with Gasteiger partial charge in [0.15, 0.2) is 24.6 Å². The van der Waals surface area contributed by atoms with Crippen molar-refractivity contribution >= 4 is 23.1 Å². The lowest BCUT2D eigenvalue weighted by atomic mass is 9.97. The van der Waals surface area contributed by atoms with Crippen LogP contribution < -0.4 is 15.9 Å². The Hall–Kier alpha value is -7.78. The maximum atomic E-state index is 14.8. The molecule has 0 aliphatic heterocycles. The molecule has 10 rings (SSSR count). The van der Waals surface area contributed by atoms with Crippen LogP contribution in [0.1, 0.15) is 0 Å². The molecule has 0 unspecified atom stereocenters. The van der Waals surface area contributed by atoms with Gasteiger partial charge in [-0.2, -0.15) is 0 Å². The highest BCUT2D eigenvalue weighted by atomic mass is 31.2. The van der Waals surface area contributed by atoms with E-state index in [1.54, 1.807) is 0 Å². The van der Waals surface area contributed by atoms with Crippen LogP contribution in [0.3, 0.4) is 0 Å². The van der Waals surface area contributed by atoms with Crippen LogP contribution in [-0.4, -0.2) is 15.0 Å². The zero-order chi connectivity index (χ0) is 41.7. The first-order chi connectivity index (χ1) is 30.6. The molecule has 5 heteroatoms. The van der Waals surface area contributed by atoms with Crippen molar-refractivity contribution in [2.75, 3.05) is 0 Å². The van der Waals surface area contributed by atoms with E-state index >= 15 is 0 Å². The minimum atomic E-state index is -3.03. The van der Waals surface area contributed by atoms with E-state index < -0.39 is 7.14 Å². The normalized spacial score (nSPS) is 11.3. The number of aromatic nitrogens is 3. The molecule has 1 aromatic heterocycles. The standard InChI is InChI=1S/C57H40N3OP/c61-62(52-20-9-3-10-21-52,53-22-11-4-12-23-53)54-38-36-46(37-39-54)45-26-24-43(25-27-45)44-28-30-47(31-29-44)50-18-13-19-51(40-50)57-59-55(48-16-7-2-8-17-48)58-56(60-57)49-34-32-42(33-35-49)41-14-5-1-6-15-41/h1-40H. The molecule has 9 aromatic carbocycles. The van der Waals surface area contributed by atoms with E-state index in [1.165, 1.54) is 5.56 Å². The quantitative estimate of drug-likeness (QED) is 0.129. The van der Waals surface area contributed by atoms with Crippen molar-refractivity contribution in [1.29, 1.82) is 0 Å². The van der Waals surface area contributed by atoms with Crippen LogP contribution in [0.15, 0.2) is 243 Å². The lowest BCUT2D eigenvalue weighted by molar-refractivity contribution is 0.592. The van der Waals surface area contributed by atoms with Gasteiger partial charge in [0.05, 0.1) is 0 Å². The monoisotopic (exact) mass is 813 g/mol. The second-order valence-corrected chi connectivity index (χ2v) is 17.9. The third-order valence-corrected chi connectivity index (χ3v) is 14.4. The number of benzene rings is 9. The summed E-state index contributed by atoms with van der Waals surface area (Å²) in [7, 11) is -3.03. The Bertz CT molecular complexity index is 3100. The van der Waals surface area contributed by atoms with E-state index in [9.17, 15) is 4.57 Å². The zero-order valence-corrected chi connectivity index (χ0v) is 34.7. The number of hydrogen-bond acceptors (Lipinski definition) is 4. The van der Waals surface area contributed by atoms with Crippen LogP contribution >= 0.6 is 7.14 Å². The highest BCUT2D eigenvalue weighted by Gasteiger charge is 2.29. The summed E-state index contributed by atoms with van der Waals surface area (Å²) in [5.41, 5.74) is 11.7. The molecule has 0 aliphatic rings. The summed E-state index contributed by atoms with van der Waals surface area (Å²) in [5.74, 6) is 1.88. The molecule has 0 bridgehead atoms. The van der Waals surface area contributed by atoms with E-state index in [0.717, 1.165) is 71.5 Å². The summed E-state index contributed by atoms with van der Waals surface area (Å²) >= 11 is 0. The fourth-order valence-electron chi connectivity index (χ4n) is 7.93. The Morgan fingerprint density at radius 2 is 0.484 bits per heavy atom. The van der Waals surface area contributed by atoms with Crippen molar-refractivity contribution in [3.05, 3.63) is 243 Å². The van der Waals surface area contributed by atoms with Gasteiger partial charge in [0.2, 0.25) is 0 Å². The zero-order valence-electron chi connectivity index (χ0n) is 33.8. The molecule has 0 spiro atoms. The Morgan fingerprint density at radius 3 is 0.919 bits per heavy atom. The third-order valence-electron chi connectivity index (χ3n) is 11.3. The van der Waals surface area contributed by atoms with Crippen LogP contribution in [0, 0.1) is 0 Å².